The number of carbonyl (C=O) groups is 1. The molecule has 1 amide bonds. The molecular formula is C11H16N2O2S. The zero-order valence-corrected chi connectivity index (χ0v) is 10.00. The minimum atomic E-state index is -1.16. The maximum absolute atomic E-state index is 11.7. The van der Waals surface area contributed by atoms with Gasteiger partial charge in [-0.3, -0.25) is 9.00 Å². The Morgan fingerprint density at radius 3 is 2.62 bits per heavy atom. The molecule has 0 aliphatic rings. The second-order valence-corrected chi connectivity index (χ2v) is 5.19. The Labute approximate surface area is 97.5 Å². The van der Waals surface area contributed by atoms with E-state index in [0.717, 1.165) is 11.1 Å². The molecule has 0 aliphatic heterocycles. The molecule has 1 aromatic carbocycles. The van der Waals surface area contributed by atoms with Gasteiger partial charge in [0.15, 0.2) is 0 Å². The molecule has 0 spiro atoms. The first-order valence-corrected chi connectivity index (χ1v) is 6.44. The summed E-state index contributed by atoms with van der Waals surface area (Å²) in [6.07, 6.45) is 0. The van der Waals surface area contributed by atoms with Crippen molar-refractivity contribution in [1.82, 2.24) is 0 Å². The fourth-order valence-electron chi connectivity index (χ4n) is 1.29. The molecule has 5 heteroatoms. The molecule has 2 atom stereocenters. The number of amides is 1. The molecule has 88 valence electrons. The lowest BCUT2D eigenvalue weighted by Gasteiger charge is -2.08. The summed E-state index contributed by atoms with van der Waals surface area (Å²) in [5.74, 6) is -0.0877. The van der Waals surface area contributed by atoms with Crippen LogP contribution < -0.4 is 11.5 Å². The third kappa shape index (κ3) is 3.75. The molecule has 16 heavy (non-hydrogen) atoms. The second-order valence-electron chi connectivity index (χ2n) is 3.69. The first kappa shape index (κ1) is 12.9. The number of hydrogen-bond acceptors (Lipinski definition) is 3. The van der Waals surface area contributed by atoms with E-state index in [1.54, 1.807) is 0 Å². The molecule has 0 saturated carbocycles. The van der Waals surface area contributed by atoms with Crippen LogP contribution in [0.15, 0.2) is 24.3 Å². The molecule has 4 N–H and O–H groups in total. The maximum Gasteiger partial charge on any atom is 0.235 e. The average Bonchev–Trinajstić information content (AvgIpc) is 2.21. The third-order valence-electron chi connectivity index (χ3n) is 2.31. The topological polar surface area (TPSA) is 86.2 Å². The molecule has 0 saturated heterocycles. The van der Waals surface area contributed by atoms with Gasteiger partial charge in [0.05, 0.1) is 6.04 Å². The number of nitrogens with two attached hydrogens (primary N) is 2. The zero-order chi connectivity index (χ0) is 12.1. The Kier molecular flexibility index (Phi) is 4.64. The Morgan fingerprint density at radius 1 is 1.44 bits per heavy atom. The molecule has 1 aromatic rings. The van der Waals surface area contributed by atoms with Gasteiger partial charge >= 0.3 is 0 Å². The Balaban J connectivity index is 2.59. The molecule has 1 rings (SSSR count). The SMILES string of the molecule is Cc1ccccc1CS(=O)CC(N)C(N)=O. The minimum Gasteiger partial charge on any atom is -0.368 e. The smallest absolute Gasteiger partial charge is 0.235 e. The molecule has 0 fully saturated rings. The Morgan fingerprint density at radius 2 is 2.06 bits per heavy atom. The van der Waals surface area contributed by atoms with Crippen LogP contribution in [0.3, 0.4) is 0 Å². The summed E-state index contributed by atoms with van der Waals surface area (Å²) in [5, 5.41) is 0. The van der Waals surface area contributed by atoms with Crippen molar-refractivity contribution in [2.75, 3.05) is 5.75 Å². The molecule has 2 unspecified atom stereocenters. The van der Waals surface area contributed by atoms with Crippen molar-refractivity contribution >= 4 is 16.7 Å². The van der Waals surface area contributed by atoms with E-state index in [2.05, 4.69) is 0 Å². The average molecular weight is 240 g/mol. The van der Waals surface area contributed by atoms with E-state index < -0.39 is 22.7 Å². The van der Waals surface area contributed by atoms with E-state index in [1.165, 1.54) is 0 Å². The molecular weight excluding hydrogens is 224 g/mol. The predicted octanol–water partition coefficient (Wildman–Crippen LogP) is 0.0563. The van der Waals surface area contributed by atoms with Crippen LogP contribution in [0.5, 0.6) is 0 Å². The monoisotopic (exact) mass is 240 g/mol. The number of primary amides is 1. The highest BCUT2D eigenvalue weighted by molar-refractivity contribution is 7.84. The van der Waals surface area contributed by atoms with E-state index in [-0.39, 0.29) is 5.75 Å². The summed E-state index contributed by atoms with van der Waals surface area (Å²) < 4.78 is 11.7. The summed E-state index contributed by atoms with van der Waals surface area (Å²) in [6, 6.07) is 6.87. The van der Waals surface area contributed by atoms with Gasteiger partial charge in [-0.15, -0.1) is 0 Å². The molecule has 0 bridgehead atoms. The van der Waals surface area contributed by atoms with Gasteiger partial charge in [0.1, 0.15) is 0 Å². The van der Waals surface area contributed by atoms with Gasteiger partial charge in [-0.25, -0.2) is 0 Å². The van der Waals surface area contributed by atoms with E-state index in [0.29, 0.717) is 5.75 Å². The minimum absolute atomic E-state index is 0.115. The summed E-state index contributed by atoms with van der Waals surface area (Å²) in [7, 11) is -1.16. The Hall–Kier alpha value is -1.20. The number of rotatable bonds is 5. The second kappa shape index (κ2) is 5.77. The van der Waals surface area contributed by atoms with Gasteiger partial charge in [0, 0.05) is 22.3 Å². The number of benzene rings is 1. The fraction of sp³-hybridized carbons (Fsp3) is 0.364. The maximum atomic E-state index is 11.7. The van der Waals surface area contributed by atoms with Crippen LogP contribution >= 0.6 is 0 Å². The standard InChI is InChI=1S/C11H16N2O2S/c1-8-4-2-3-5-9(8)6-16(15)7-10(12)11(13)14/h2-5,10H,6-7,12H2,1H3,(H2,13,14). The number of hydrogen-bond donors (Lipinski definition) is 2. The van der Waals surface area contributed by atoms with Crippen LogP contribution in [-0.4, -0.2) is 21.9 Å². The lowest BCUT2D eigenvalue weighted by atomic mass is 10.1. The summed E-state index contributed by atoms with van der Waals surface area (Å²) in [5.41, 5.74) is 12.5. The van der Waals surface area contributed by atoms with Crippen LogP contribution in [0.1, 0.15) is 11.1 Å². The quantitative estimate of drug-likeness (QED) is 0.763. The van der Waals surface area contributed by atoms with Crippen LogP contribution in [0, 0.1) is 6.92 Å². The van der Waals surface area contributed by atoms with Gasteiger partial charge in [-0.1, -0.05) is 24.3 Å². The van der Waals surface area contributed by atoms with Crippen molar-refractivity contribution in [3.8, 4) is 0 Å². The van der Waals surface area contributed by atoms with E-state index in [9.17, 15) is 9.00 Å². The van der Waals surface area contributed by atoms with Crippen molar-refractivity contribution in [3.05, 3.63) is 35.4 Å². The first-order valence-electron chi connectivity index (χ1n) is 4.95. The predicted molar refractivity (Wildman–Crippen MR) is 65.1 cm³/mol. The largest absolute Gasteiger partial charge is 0.368 e. The number of carbonyl (C=O) groups excluding carboxylic acids is 1. The van der Waals surface area contributed by atoms with Gasteiger partial charge < -0.3 is 11.5 Å². The van der Waals surface area contributed by atoms with Crippen molar-refractivity contribution in [2.45, 2.75) is 18.7 Å². The van der Waals surface area contributed by atoms with Crippen LogP contribution in [-0.2, 0) is 21.3 Å². The fourth-order valence-corrected chi connectivity index (χ4v) is 2.64. The number of aryl methyl sites for hydroxylation is 1. The molecule has 0 aliphatic carbocycles. The van der Waals surface area contributed by atoms with Gasteiger partial charge in [0.25, 0.3) is 0 Å². The zero-order valence-electron chi connectivity index (χ0n) is 9.18. The summed E-state index contributed by atoms with van der Waals surface area (Å²) in [4.78, 5) is 10.7. The van der Waals surface area contributed by atoms with E-state index in [4.69, 9.17) is 11.5 Å². The molecule has 0 radical (unpaired) electrons. The van der Waals surface area contributed by atoms with Crippen molar-refractivity contribution < 1.29 is 9.00 Å². The van der Waals surface area contributed by atoms with Crippen molar-refractivity contribution in [3.63, 3.8) is 0 Å². The lowest BCUT2D eigenvalue weighted by Crippen LogP contribution is -2.40. The highest BCUT2D eigenvalue weighted by Crippen LogP contribution is 2.09. The van der Waals surface area contributed by atoms with Gasteiger partial charge in [-0.2, -0.15) is 0 Å². The molecule has 0 aromatic heterocycles. The van der Waals surface area contributed by atoms with Gasteiger partial charge in [-0.05, 0) is 18.1 Å². The summed E-state index contributed by atoms with van der Waals surface area (Å²) >= 11 is 0. The van der Waals surface area contributed by atoms with Crippen molar-refractivity contribution in [2.24, 2.45) is 11.5 Å². The first-order chi connectivity index (χ1) is 7.50. The van der Waals surface area contributed by atoms with E-state index >= 15 is 0 Å². The normalized spacial score (nSPS) is 14.4. The highest BCUT2D eigenvalue weighted by atomic mass is 32.2. The van der Waals surface area contributed by atoms with Crippen LogP contribution in [0.2, 0.25) is 0 Å². The third-order valence-corrected chi connectivity index (χ3v) is 3.67. The van der Waals surface area contributed by atoms with Crippen LogP contribution in [0.25, 0.3) is 0 Å². The van der Waals surface area contributed by atoms with E-state index in [1.807, 2.05) is 31.2 Å². The van der Waals surface area contributed by atoms with Crippen LogP contribution in [0.4, 0.5) is 0 Å². The molecule has 4 nitrogen and oxygen atoms in total. The Bertz CT molecular complexity index is 407. The summed E-state index contributed by atoms with van der Waals surface area (Å²) in [6.45, 7) is 1.96. The van der Waals surface area contributed by atoms with Crippen molar-refractivity contribution in [1.29, 1.82) is 0 Å². The molecule has 0 heterocycles. The lowest BCUT2D eigenvalue weighted by molar-refractivity contribution is -0.118. The van der Waals surface area contributed by atoms with Gasteiger partial charge in [0.2, 0.25) is 5.91 Å². The highest BCUT2D eigenvalue weighted by Gasteiger charge is 2.14.